The Labute approximate surface area is 117 Å². The van der Waals surface area contributed by atoms with E-state index in [1.165, 1.54) is 0 Å². The number of ether oxygens (including phenoxy) is 1. The summed E-state index contributed by atoms with van der Waals surface area (Å²) in [4.78, 5) is 13.7. The van der Waals surface area contributed by atoms with Crippen molar-refractivity contribution in [2.45, 2.75) is 13.3 Å². The second-order valence-electron chi connectivity index (χ2n) is 4.27. The van der Waals surface area contributed by atoms with Crippen molar-refractivity contribution in [3.05, 3.63) is 23.2 Å². The molecule has 0 radical (unpaired) electrons. The first kappa shape index (κ1) is 13.5. The van der Waals surface area contributed by atoms with Gasteiger partial charge in [0.15, 0.2) is 0 Å². The fourth-order valence-electron chi connectivity index (χ4n) is 2.10. The maximum absolute atomic E-state index is 12.0. The van der Waals surface area contributed by atoms with Crippen molar-refractivity contribution in [1.29, 1.82) is 0 Å². The lowest BCUT2D eigenvalue weighted by molar-refractivity contribution is -0.117. The van der Waals surface area contributed by atoms with Crippen LogP contribution in [0.1, 0.15) is 13.3 Å². The molecule has 1 saturated heterocycles. The van der Waals surface area contributed by atoms with Gasteiger partial charge in [-0.05, 0) is 31.0 Å². The van der Waals surface area contributed by atoms with Crippen LogP contribution in [0.15, 0.2) is 18.2 Å². The van der Waals surface area contributed by atoms with Crippen LogP contribution < -0.4 is 9.64 Å². The molecule has 18 heavy (non-hydrogen) atoms. The van der Waals surface area contributed by atoms with Crippen LogP contribution in [0.5, 0.6) is 5.75 Å². The van der Waals surface area contributed by atoms with E-state index in [0.717, 1.165) is 5.69 Å². The van der Waals surface area contributed by atoms with Crippen molar-refractivity contribution in [3.63, 3.8) is 0 Å². The van der Waals surface area contributed by atoms with Gasteiger partial charge in [0, 0.05) is 23.9 Å². The van der Waals surface area contributed by atoms with Gasteiger partial charge in [0.25, 0.3) is 0 Å². The first-order valence-electron chi connectivity index (χ1n) is 5.94. The molecule has 3 nitrogen and oxygen atoms in total. The molecule has 1 aromatic rings. The molecule has 2 rings (SSSR count). The van der Waals surface area contributed by atoms with Crippen LogP contribution in [0.25, 0.3) is 0 Å². The lowest BCUT2D eigenvalue weighted by atomic mass is 10.1. The Morgan fingerprint density at radius 3 is 2.89 bits per heavy atom. The highest BCUT2D eigenvalue weighted by Gasteiger charge is 2.31. The van der Waals surface area contributed by atoms with E-state index in [1.54, 1.807) is 23.1 Å². The minimum absolute atomic E-state index is 0.0730. The lowest BCUT2D eigenvalue weighted by Gasteiger charge is -2.20. The summed E-state index contributed by atoms with van der Waals surface area (Å²) in [7, 11) is 0. The van der Waals surface area contributed by atoms with Crippen molar-refractivity contribution in [2.24, 2.45) is 5.92 Å². The molecule has 1 unspecified atom stereocenters. The highest BCUT2D eigenvalue weighted by molar-refractivity contribution is 6.31. The van der Waals surface area contributed by atoms with Crippen molar-refractivity contribution < 1.29 is 9.53 Å². The number of anilines is 1. The van der Waals surface area contributed by atoms with E-state index in [4.69, 9.17) is 27.9 Å². The normalized spacial score (nSPS) is 19.4. The molecule has 0 spiro atoms. The number of benzene rings is 1. The molecule has 1 heterocycles. The van der Waals surface area contributed by atoms with E-state index >= 15 is 0 Å². The summed E-state index contributed by atoms with van der Waals surface area (Å²) in [6.45, 7) is 3.09. The van der Waals surface area contributed by atoms with Gasteiger partial charge in [-0.2, -0.15) is 0 Å². The third-order valence-corrected chi connectivity index (χ3v) is 3.61. The number of hydrogen-bond donors (Lipinski definition) is 0. The van der Waals surface area contributed by atoms with Gasteiger partial charge in [-0.1, -0.05) is 11.6 Å². The standard InChI is InChI=1S/C13H15Cl2NO2/c1-2-18-12-4-3-10(15)6-11(12)16-8-9(7-14)5-13(16)17/h3-4,6,9H,2,5,7-8H2,1H3. The Bertz CT molecular complexity index is 451. The van der Waals surface area contributed by atoms with E-state index < -0.39 is 0 Å². The van der Waals surface area contributed by atoms with Crippen molar-refractivity contribution >= 4 is 34.8 Å². The molecule has 1 atom stereocenters. The second kappa shape index (κ2) is 5.81. The van der Waals surface area contributed by atoms with Crippen LogP contribution in [-0.4, -0.2) is 24.9 Å². The van der Waals surface area contributed by atoms with Gasteiger partial charge in [-0.25, -0.2) is 0 Å². The number of rotatable bonds is 4. The minimum atomic E-state index is 0.0730. The average Bonchev–Trinajstić information content (AvgIpc) is 2.73. The summed E-state index contributed by atoms with van der Waals surface area (Å²) in [5.41, 5.74) is 0.738. The molecule has 5 heteroatoms. The number of alkyl halides is 1. The van der Waals surface area contributed by atoms with Gasteiger partial charge in [-0.3, -0.25) is 4.79 Å². The minimum Gasteiger partial charge on any atom is -0.492 e. The van der Waals surface area contributed by atoms with E-state index in [-0.39, 0.29) is 11.8 Å². The summed E-state index contributed by atoms with van der Waals surface area (Å²) in [6, 6.07) is 5.32. The van der Waals surface area contributed by atoms with Gasteiger partial charge in [-0.15, -0.1) is 11.6 Å². The zero-order valence-electron chi connectivity index (χ0n) is 10.2. The van der Waals surface area contributed by atoms with Gasteiger partial charge in [0.1, 0.15) is 5.75 Å². The SMILES string of the molecule is CCOc1ccc(Cl)cc1N1CC(CCl)CC1=O. The molecule has 1 aliphatic rings. The maximum Gasteiger partial charge on any atom is 0.227 e. The van der Waals surface area contributed by atoms with Crippen molar-refractivity contribution in [3.8, 4) is 5.75 Å². The van der Waals surface area contributed by atoms with Crippen molar-refractivity contribution in [2.75, 3.05) is 23.9 Å². The van der Waals surface area contributed by atoms with Crippen LogP contribution in [-0.2, 0) is 4.79 Å². The summed E-state index contributed by atoms with van der Waals surface area (Å²) in [5.74, 6) is 1.45. The number of carbonyl (C=O) groups is 1. The van der Waals surface area contributed by atoms with E-state index in [1.807, 2.05) is 6.92 Å². The third kappa shape index (κ3) is 2.73. The van der Waals surface area contributed by atoms with E-state index in [9.17, 15) is 4.79 Å². The number of amides is 1. The topological polar surface area (TPSA) is 29.5 Å². The van der Waals surface area contributed by atoms with Gasteiger partial charge in [0.05, 0.1) is 12.3 Å². The quantitative estimate of drug-likeness (QED) is 0.795. The van der Waals surface area contributed by atoms with Gasteiger partial charge in [0.2, 0.25) is 5.91 Å². The fourth-order valence-corrected chi connectivity index (χ4v) is 2.47. The highest BCUT2D eigenvalue weighted by atomic mass is 35.5. The fraction of sp³-hybridized carbons (Fsp3) is 0.462. The Kier molecular flexibility index (Phi) is 4.36. The van der Waals surface area contributed by atoms with Crippen LogP contribution in [0.3, 0.4) is 0 Å². The summed E-state index contributed by atoms with van der Waals surface area (Å²) in [5, 5.41) is 0.593. The van der Waals surface area contributed by atoms with Crippen LogP contribution >= 0.6 is 23.2 Å². The van der Waals surface area contributed by atoms with Crippen LogP contribution in [0.2, 0.25) is 5.02 Å². The third-order valence-electron chi connectivity index (χ3n) is 2.93. The Morgan fingerprint density at radius 2 is 2.28 bits per heavy atom. The molecule has 0 aliphatic carbocycles. The zero-order valence-corrected chi connectivity index (χ0v) is 11.7. The molecular formula is C13H15Cl2NO2. The highest BCUT2D eigenvalue weighted by Crippen LogP contribution is 2.35. The summed E-state index contributed by atoms with van der Waals surface area (Å²) in [6.07, 6.45) is 0.488. The second-order valence-corrected chi connectivity index (χ2v) is 5.02. The number of carbonyl (C=O) groups excluding carboxylic acids is 1. The maximum atomic E-state index is 12.0. The van der Waals surface area contributed by atoms with Crippen molar-refractivity contribution in [1.82, 2.24) is 0 Å². The number of halogens is 2. The number of nitrogens with zero attached hydrogens (tertiary/aromatic N) is 1. The van der Waals surface area contributed by atoms with Gasteiger partial charge >= 0.3 is 0 Å². The van der Waals surface area contributed by atoms with Gasteiger partial charge < -0.3 is 9.64 Å². The largest absolute Gasteiger partial charge is 0.492 e. The molecular weight excluding hydrogens is 273 g/mol. The molecule has 0 aromatic heterocycles. The molecule has 98 valence electrons. The Balaban J connectivity index is 2.31. The molecule has 1 aliphatic heterocycles. The first-order chi connectivity index (χ1) is 8.65. The van der Waals surface area contributed by atoms with E-state index in [0.29, 0.717) is 36.2 Å². The van der Waals surface area contributed by atoms with Crippen LogP contribution in [0.4, 0.5) is 5.69 Å². The lowest BCUT2D eigenvalue weighted by Crippen LogP contribution is -2.25. The molecule has 1 fully saturated rings. The molecule has 1 aromatic carbocycles. The Hall–Kier alpha value is -0.930. The molecule has 0 bridgehead atoms. The first-order valence-corrected chi connectivity index (χ1v) is 6.85. The van der Waals surface area contributed by atoms with Crippen LogP contribution in [0, 0.1) is 5.92 Å². The molecule has 0 saturated carbocycles. The summed E-state index contributed by atoms with van der Waals surface area (Å²) >= 11 is 11.8. The summed E-state index contributed by atoms with van der Waals surface area (Å²) < 4.78 is 5.54. The number of hydrogen-bond acceptors (Lipinski definition) is 2. The average molecular weight is 288 g/mol. The molecule has 1 amide bonds. The Morgan fingerprint density at radius 1 is 1.50 bits per heavy atom. The predicted molar refractivity (Wildman–Crippen MR) is 73.8 cm³/mol. The monoisotopic (exact) mass is 287 g/mol. The predicted octanol–water partition coefficient (Wildman–Crippen LogP) is 3.33. The zero-order chi connectivity index (χ0) is 13.1. The molecule has 0 N–H and O–H groups in total. The van der Waals surface area contributed by atoms with E-state index in [2.05, 4.69) is 0 Å². The smallest absolute Gasteiger partial charge is 0.227 e.